The van der Waals surface area contributed by atoms with Gasteiger partial charge < -0.3 is 9.97 Å². The number of hydrogen-bond acceptors (Lipinski definition) is 2. The van der Waals surface area contributed by atoms with E-state index in [2.05, 4.69) is 19.9 Å². The van der Waals surface area contributed by atoms with Crippen LogP contribution in [0.2, 0.25) is 10.0 Å². The summed E-state index contributed by atoms with van der Waals surface area (Å²) in [7, 11) is 0. The molecule has 0 radical (unpaired) electrons. The molecule has 2 aliphatic heterocycles. The zero-order valence-electron chi connectivity index (χ0n) is 14.0. The van der Waals surface area contributed by atoms with E-state index in [-0.39, 0.29) is 5.03 Å². The van der Waals surface area contributed by atoms with Gasteiger partial charge in [-0.15, -0.1) is 0 Å². The van der Waals surface area contributed by atoms with Crippen molar-refractivity contribution in [2.75, 3.05) is 0 Å². The van der Waals surface area contributed by atoms with E-state index in [0.717, 1.165) is 27.9 Å². The monoisotopic (exact) mass is 446 g/mol. The van der Waals surface area contributed by atoms with Crippen molar-refractivity contribution in [2.45, 2.75) is 0 Å². The van der Waals surface area contributed by atoms with Gasteiger partial charge in [0.15, 0.2) is 0 Å². The quantitative estimate of drug-likeness (QED) is 0.302. The Morgan fingerprint density at radius 2 is 1.39 bits per heavy atom. The number of rotatable bonds is 0. The largest absolute Gasteiger partial charge is 0.355 e. The zero-order valence-corrected chi connectivity index (χ0v) is 17.0. The number of nitrogens with one attached hydrogen (secondary N) is 2. The summed E-state index contributed by atoms with van der Waals surface area (Å²) in [5.74, 6) is 0. The van der Waals surface area contributed by atoms with E-state index in [9.17, 15) is 0 Å². The minimum Gasteiger partial charge on any atom is -0.355 e. The lowest BCUT2D eigenvalue weighted by Crippen LogP contribution is -1.81. The standard InChI is InChI=1S/C20H10Cl4N4/c21-14-7-13-6-11-2-1-9(25-11)5-10-3-4-12(26-10)8-15-16(22)17(23)20(28-15)18(24)19(14)27-13/h1-8,25,27H. The van der Waals surface area contributed by atoms with Gasteiger partial charge in [-0.25, -0.2) is 9.97 Å². The average Bonchev–Trinajstić information content (AvgIpc) is 3.42. The molecule has 28 heavy (non-hydrogen) atoms. The Labute approximate surface area is 179 Å². The Kier molecular flexibility index (Phi) is 4.25. The van der Waals surface area contributed by atoms with Crippen molar-refractivity contribution in [3.05, 3.63) is 69.2 Å². The van der Waals surface area contributed by atoms with Crippen LogP contribution in [0.15, 0.2) is 36.4 Å². The molecule has 8 heteroatoms. The van der Waals surface area contributed by atoms with E-state index in [1.807, 2.05) is 36.4 Å². The number of halogens is 4. The molecule has 5 rings (SSSR count). The first-order chi connectivity index (χ1) is 13.5. The Balaban J connectivity index is 1.94. The fourth-order valence-corrected chi connectivity index (χ4v) is 4.16. The smallest absolute Gasteiger partial charge is 0.105 e. The molecule has 3 aromatic heterocycles. The van der Waals surface area contributed by atoms with Crippen LogP contribution in [-0.4, -0.2) is 19.9 Å². The number of aromatic amines is 2. The maximum Gasteiger partial charge on any atom is 0.105 e. The topological polar surface area (TPSA) is 57.4 Å². The van der Waals surface area contributed by atoms with Crippen LogP contribution in [0.3, 0.4) is 0 Å². The SMILES string of the molecule is ClC1=C(Cl)c2nc1cc1nc(cc3ccc(cc4cc(Cl)c([nH]4)c2Cl)[nH]3)C=C1. The molecule has 0 atom stereocenters. The highest BCUT2D eigenvalue weighted by Crippen LogP contribution is 2.40. The first-order valence-electron chi connectivity index (χ1n) is 8.28. The second-order valence-electron chi connectivity index (χ2n) is 6.33. The van der Waals surface area contributed by atoms with Crippen LogP contribution in [-0.2, 0) is 0 Å². The molecular formula is C20H10Cl4N4. The third-order valence-electron chi connectivity index (χ3n) is 4.39. The Morgan fingerprint density at radius 1 is 0.679 bits per heavy atom. The molecule has 0 spiro atoms. The molecular weight excluding hydrogens is 438 g/mol. The minimum absolute atomic E-state index is 0.269. The molecule has 4 nitrogen and oxygen atoms in total. The molecule has 8 bridgehead atoms. The lowest BCUT2D eigenvalue weighted by atomic mass is 10.3. The second kappa shape index (κ2) is 6.68. The summed E-state index contributed by atoms with van der Waals surface area (Å²) in [5, 5.41) is 1.34. The molecule has 0 aromatic carbocycles. The van der Waals surface area contributed by atoms with Gasteiger partial charge in [0.1, 0.15) is 5.69 Å². The zero-order chi connectivity index (χ0) is 19.4. The molecule has 0 aliphatic carbocycles. The fraction of sp³-hybridized carbons (Fsp3) is 0. The number of aromatic nitrogens is 4. The molecule has 138 valence electrons. The molecule has 2 aliphatic rings. The molecule has 0 saturated carbocycles. The number of hydrogen-bond donors (Lipinski definition) is 2. The summed E-state index contributed by atoms with van der Waals surface area (Å²) in [6.45, 7) is 0. The first-order valence-corrected chi connectivity index (χ1v) is 9.79. The van der Waals surface area contributed by atoms with Gasteiger partial charge in [0, 0.05) is 16.6 Å². The van der Waals surface area contributed by atoms with E-state index < -0.39 is 0 Å². The van der Waals surface area contributed by atoms with Crippen LogP contribution >= 0.6 is 46.4 Å². The highest BCUT2D eigenvalue weighted by molar-refractivity contribution is 6.66. The van der Waals surface area contributed by atoms with Crippen molar-refractivity contribution >= 4 is 90.7 Å². The van der Waals surface area contributed by atoms with Crippen LogP contribution in [0.5, 0.6) is 0 Å². The third-order valence-corrected chi connectivity index (χ3v) is 5.90. The van der Waals surface area contributed by atoms with E-state index in [0.29, 0.717) is 32.0 Å². The van der Waals surface area contributed by atoms with Crippen LogP contribution in [0.4, 0.5) is 0 Å². The third kappa shape index (κ3) is 3.03. The van der Waals surface area contributed by atoms with E-state index in [1.165, 1.54) is 0 Å². The predicted molar refractivity (Wildman–Crippen MR) is 118 cm³/mol. The van der Waals surface area contributed by atoms with Crippen molar-refractivity contribution in [3.8, 4) is 0 Å². The Bertz CT molecular complexity index is 1360. The van der Waals surface area contributed by atoms with Gasteiger partial charge in [-0.3, -0.25) is 0 Å². The molecule has 5 heterocycles. The van der Waals surface area contributed by atoms with Crippen molar-refractivity contribution in [2.24, 2.45) is 0 Å². The summed E-state index contributed by atoms with van der Waals surface area (Å²) in [5.41, 5.74) is 5.54. The Morgan fingerprint density at radius 3 is 2.18 bits per heavy atom. The van der Waals surface area contributed by atoms with Crippen molar-refractivity contribution < 1.29 is 0 Å². The lowest BCUT2D eigenvalue weighted by Gasteiger charge is -1.95. The van der Waals surface area contributed by atoms with Gasteiger partial charge in [0.25, 0.3) is 0 Å². The van der Waals surface area contributed by atoms with Crippen LogP contribution in [0.25, 0.3) is 44.3 Å². The van der Waals surface area contributed by atoms with Gasteiger partial charge >= 0.3 is 0 Å². The molecule has 0 amide bonds. The molecule has 0 saturated heterocycles. The maximum atomic E-state index is 6.58. The Hall–Kier alpha value is -2.24. The number of fused-ring (bicyclic) bond motifs is 8. The summed E-state index contributed by atoms with van der Waals surface area (Å²) in [4.78, 5) is 15.6. The average molecular weight is 448 g/mol. The van der Waals surface area contributed by atoms with Crippen molar-refractivity contribution in [1.82, 2.24) is 19.9 Å². The van der Waals surface area contributed by atoms with Gasteiger partial charge in [-0.05, 0) is 48.6 Å². The normalized spacial score (nSPS) is 13.4. The lowest BCUT2D eigenvalue weighted by molar-refractivity contribution is 1.27. The van der Waals surface area contributed by atoms with Crippen molar-refractivity contribution in [1.29, 1.82) is 0 Å². The molecule has 2 N–H and O–H groups in total. The number of H-pyrrole nitrogens is 2. The van der Waals surface area contributed by atoms with Gasteiger partial charge in [0.05, 0.1) is 42.7 Å². The van der Waals surface area contributed by atoms with E-state index >= 15 is 0 Å². The van der Waals surface area contributed by atoms with Crippen LogP contribution < -0.4 is 0 Å². The van der Waals surface area contributed by atoms with E-state index in [4.69, 9.17) is 46.4 Å². The summed E-state index contributed by atoms with van der Waals surface area (Å²) in [6, 6.07) is 11.4. The predicted octanol–water partition coefficient (Wildman–Crippen LogP) is 7.10. The van der Waals surface area contributed by atoms with Crippen LogP contribution in [0, 0.1) is 0 Å². The van der Waals surface area contributed by atoms with Crippen LogP contribution in [0.1, 0.15) is 22.8 Å². The summed E-state index contributed by atoms with van der Waals surface area (Å²) < 4.78 is 0. The van der Waals surface area contributed by atoms with Gasteiger partial charge in [0.2, 0.25) is 0 Å². The molecule has 3 aromatic rings. The molecule has 0 unspecified atom stereocenters. The fourth-order valence-electron chi connectivity index (χ4n) is 3.10. The highest BCUT2D eigenvalue weighted by Gasteiger charge is 2.21. The highest BCUT2D eigenvalue weighted by atomic mass is 35.5. The number of nitrogens with zero attached hydrogens (tertiary/aromatic N) is 2. The van der Waals surface area contributed by atoms with Crippen molar-refractivity contribution in [3.63, 3.8) is 0 Å². The summed E-state index contributed by atoms with van der Waals surface area (Å²) in [6.07, 6.45) is 3.81. The van der Waals surface area contributed by atoms with Gasteiger partial charge in [-0.1, -0.05) is 46.4 Å². The van der Waals surface area contributed by atoms with Gasteiger partial charge in [-0.2, -0.15) is 0 Å². The summed E-state index contributed by atoms with van der Waals surface area (Å²) >= 11 is 25.8. The minimum atomic E-state index is 0.269. The first kappa shape index (κ1) is 17.8. The second-order valence-corrected chi connectivity index (χ2v) is 7.87. The molecule has 0 fully saturated rings. The maximum absolute atomic E-state index is 6.58. The van der Waals surface area contributed by atoms with E-state index in [1.54, 1.807) is 12.1 Å².